The quantitative estimate of drug-likeness (QED) is 0.807. The van der Waals surface area contributed by atoms with Gasteiger partial charge in [-0.3, -0.25) is 4.68 Å². The number of nitrogens with one attached hydrogen (secondary N) is 2. The standard InChI is InChI=1S/C17H22N4O2/c1-10(14-9-21(3)20-11(14)2)18-17(23)19-16-13-7-5-4-6-12(13)8-15(16)22/h4-7,9-10,15-16,22H,8H2,1-3H3,(H2,18,19,23). The predicted octanol–water partition coefficient (Wildman–Crippen LogP) is 1.75. The van der Waals surface area contributed by atoms with Crippen LogP contribution in [0.5, 0.6) is 0 Å². The maximum atomic E-state index is 12.3. The van der Waals surface area contributed by atoms with E-state index in [9.17, 15) is 9.90 Å². The zero-order chi connectivity index (χ0) is 16.6. The Bertz CT molecular complexity index is 725. The Hall–Kier alpha value is -2.34. The van der Waals surface area contributed by atoms with Crippen molar-refractivity contribution < 1.29 is 9.90 Å². The van der Waals surface area contributed by atoms with Gasteiger partial charge in [0.15, 0.2) is 0 Å². The Morgan fingerprint density at radius 1 is 1.43 bits per heavy atom. The Kier molecular flexibility index (Phi) is 4.09. The summed E-state index contributed by atoms with van der Waals surface area (Å²) in [6.07, 6.45) is 1.88. The normalized spacial score (nSPS) is 20.9. The number of aliphatic hydroxyl groups excluding tert-OH is 1. The molecular weight excluding hydrogens is 292 g/mol. The van der Waals surface area contributed by atoms with Crippen molar-refractivity contribution in [1.82, 2.24) is 20.4 Å². The van der Waals surface area contributed by atoms with Gasteiger partial charge in [-0.15, -0.1) is 0 Å². The second kappa shape index (κ2) is 6.04. The molecule has 3 N–H and O–H groups in total. The number of aryl methyl sites for hydroxylation is 2. The lowest BCUT2D eigenvalue weighted by Crippen LogP contribution is -2.41. The molecule has 1 aliphatic carbocycles. The summed E-state index contributed by atoms with van der Waals surface area (Å²) in [6.45, 7) is 3.84. The van der Waals surface area contributed by atoms with Gasteiger partial charge in [0.2, 0.25) is 0 Å². The average Bonchev–Trinajstić information content (AvgIpc) is 2.99. The van der Waals surface area contributed by atoms with Crippen molar-refractivity contribution in [2.24, 2.45) is 7.05 Å². The van der Waals surface area contributed by atoms with Crippen molar-refractivity contribution in [1.29, 1.82) is 0 Å². The summed E-state index contributed by atoms with van der Waals surface area (Å²) >= 11 is 0. The van der Waals surface area contributed by atoms with Crippen molar-refractivity contribution in [2.75, 3.05) is 0 Å². The lowest BCUT2D eigenvalue weighted by Gasteiger charge is -2.20. The Balaban J connectivity index is 1.67. The third-order valence-electron chi connectivity index (χ3n) is 4.36. The molecule has 0 spiro atoms. The van der Waals surface area contributed by atoms with E-state index in [2.05, 4.69) is 15.7 Å². The molecule has 3 atom stereocenters. The number of urea groups is 1. The first kappa shape index (κ1) is 15.6. The number of aromatic nitrogens is 2. The van der Waals surface area contributed by atoms with E-state index in [1.54, 1.807) is 4.68 Å². The summed E-state index contributed by atoms with van der Waals surface area (Å²) in [7, 11) is 1.86. The number of carbonyl (C=O) groups is 1. The molecular formula is C17H22N4O2. The fourth-order valence-electron chi connectivity index (χ4n) is 3.25. The second-order valence-electron chi connectivity index (χ2n) is 6.13. The van der Waals surface area contributed by atoms with E-state index < -0.39 is 6.10 Å². The van der Waals surface area contributed by atoms with Gasteiger partial charge in [-0.2, -0.15) is 5.10 Å². The first-order valence-electron chi connectivity index (χ1n) is 7.78. The van der Waals surface area contributed by atoms with Gasteiger partial charge in [0.05, 0.1) is 23.9 Å². The molecule has 6 heteroatoms. The van der Waals surface area contributed by atoms with Crippen molar-refractivity contribution in [3.05, 3.63) is 52.8 Å². The molecule has 2 amide bonds. The summed E-state index contributed by atoms with van der Waals surface area (Å²) in [4.78, 5) is 12.3. The highest BCUT2D eigenvalue weighted by atomic mass is 16.3. The smallest absolute Gasteiger partial charge is 0.315 e. The van der Waals surface area contributed by atoms with Crippen molar-refractivity contribution in [3.8, 4) is 0 Å². The molecule has 1 aromatic carbocycles. The van der Waals surface area contributed by atoms with Crippen LogP contribution < -0.4 is 10.6 Å². The molecule has 0 fully saturated rings. The lowest BCUT2D eigenvalue weighted by atomic mass is 10.1. The summed E-state index contributed by atoms with van der Waals surface area (Å²) in [5.74, 6) is 0. The Morgan fingerprint density at radius 3 is 2.87 bits per heavy atom. The fraction of sp³-hybridized carbons (Fsp3) is 0.412. The molecule has 1 aliphatic rings. The third-order valence-corrected chi connectivity index (χ3v) is 4.36. The SMILES string of the molecule is Cc1nn(C)cc1C(C)NC(=O)NC1c2ccccc2CC1O. The van der Waals surface area contributed by atoms with Crippen LogP contribution in [-0.2, 0) is 13.5 Å². The number of hydrogen-bond acceptors (Lipinski definition) is 3. The van der Waals surface area contributed by atoms with E-state index in [1.807, 2.05) is 51.4 Å². The van der Waals surface area contributed by atoms with Crippen LogP contribution in [0.3, 0.4) is 0 Å². The van der Waals surface area contributed by atoms with Gasteiger partial charge < -0.3 is 15.7 Å². The molecule has 1 heterocycles. The van der Waals surface area contributed by atoms with Crippen LogP contribution in [0.25, 0.3) is 0 Å². The Labute approximate surface area is 135 Å². The van der Waals surface area contributed by atoms with Gasteiger partial charge in [-0.1, -0.05) is 24.3 Å². The van der Waals surface area contributed by atoms with Crippen LogP contribution in [0.4, 0.5) is 4.79 Å². The highest BCUT2D eigenvalue weighted by Crippen LogP contribution is 2.31. The first-order valence-corrected chi connectivity index (χ1v) is 7.78. The Morgan fingerprint density at radius 2 is 2.17 bits per heavy atom. The maximum Gasteiger partial charge on any atom is 0.315 e. The number of amides is 2. The number of fused-ring (bicyclic) bond motifs is 1. The van der Waals surface area contributed by atoms with Crippen LogP contribution in [0.15, 0.2) is 30.5 Å². The minimum atomic E-state index is -0.589. The van der Waals surface area contributed by atoms with Crippen molar-refractivity contribution in [2.45, 2.75) is 38.5 Å². The molecule has 0 saturated carbocycles. The fourth-order valence-corrected chi connectivity index (χ4v) is 3.25. The molecule has 0 bridgehead atoms. The van der Waals surface area contributed by atoms with Gasteiger partial charge in [0, 0.05) is 25.2 Å². The van der Waals surface area contributed by atoms with Crippen LogP contribution in [0, 0.1) is 6.92 Å². The monoisotopic (exact) mass is 314 g/mol. The van der Waals surface area contributed by atoms with Gasteiger partial charge >= 0.3 is 6.03 Å². The van der Waals surface area contributed by atoms with Crippen LogP contribution in [0.2, 0.25) is 0 Å². The molecule has 1 aromatic heterocycles. The molecule has 3 rings (SSSR count). The zero-order valence-electron chi connectivity index (χ0n) is 13.6. The van der Waals surface area contributed by atoms with E-state index in [0.717, 1.165) is 22.4 Å². The molecule has 0 radical (unpaired) electrons. The molecule has 0 aliphatic heterocycles. The predicted molar refractivity (Wildman–Crippen MR) is 86.9 cm³/mol. The zero-order valence-corrected chi connectivity index (χ0v) is 13.6. The summed E-state index contributed by atoms with van der Waals surface area (Å²) in [5.41, 5.74) is 3.95. The van der Waals surface area contributed by atoms with Gasteiger partial charge in [0.25, 0.3) is 0 Å². The third kappa shape index (κ3) is 3.07. The molecule has 3 unspecified atom stereocenters. The summed E-state index contributed by atoms with van der Waals surface area (Å²) in [5, 5.41) is 20.3. The van der Waals surface area contributed by atoms with Crippen molar-refractivity contribution in [3.63, 3.8) is 0 Å². The van der Waals surface area contributed by atoms with E-state index in [4.69, 9.17) is 0 Å². The molecule has 23 heavy (non-hydrogen) atoms. The molecule has 122 valence electrons. The van der Waals surface area contributed by atoms with Gasteiger partial charge in [0.1, 0.15) is 0 Å². The number of carbonyl (C=O) groups excluding carboxylic acids is 1. The van der Waals surface area contributed by atoms with E-state index >= 15 is 0 Å². The van der Waals surface area contributed by atoms with Gasteiger partial charge in [-0.05, 0) is 25.0 Å². The van der Waals surface area contributed by atoms with Crippen LogP contribution in [0.1, 0.15) is 41.4 Å². The number of nitrogens with zero attached hydrogens (tertiary/aromatic N) is 2. The average molecular weight is 314 g/mol. The van der Waals surface area contributed by atoms with E-state index in [-0.39, 0.29) is 18.1 Å². The number of hydrogen-bond donors (Lipinski definition) is 3. The topological polar surface area (TPSA) is 79.2 Å². The minimum absolute atomic E-state index is 0.155. The molecule has 0 saturated heterocycles. The van der Waals surface area contributed by atoms with Gasteiger partial charge in [-0.25, -0.2) is 4.79 Å². The number of rotatable bonds is 3. The molecule has 2 aromatic rings. The van der Waals surface area contributed by atoms with E-state index in [0.29, 0.717) is 6.42 Å². The number of benzene rings is 1. The first-order chi connectivity index (χ1) is 11.0. The van der Waals surface area contributed by atoms with Crippen LogP contribution >= 0.6 is 0 Å². The second-order valence-corrected chi connectivity index (χ2v) is 6.13. The minimum Gasteiger partial charge on any atom is -0.390 e. The van der Waals surface area contributed by atoms with Crippen LogP contribution in [-0.4, -0.2) is 27.0 Å². The molecule has 6 nitrogen and oxygen atoms in total. The van der Waals surface area contributed by atoms with Crippen molar-refractivity contribution >= 4 is 6.03 Å². The highest BCUT2D eigenvalue weighted by molar-refractivity contribution is 5.75. The van der Waals surface area contributed by atoms with E-state index in [1.165, 1.54) is 0 Å². The maximum absolute atomic E-state index is 12.3. The lowest BCUT2D eigenvalue weighted by molar-refractivity contribution is 0.142. The highest BCUT2D eigenvalue weighted by Gasteiger charge is 2.32. The summed E-state index contributed by atoms with van der Waals surface area (Å²) in [6, 6.07) is 6.99. The largest absolute Gasteiger partial charge is 0.390 e. The summed E-state index contributed by atoms with van der Waals surface area (Å²) < 4.78 is 1.73. The number of aliphatic hydroxyl groups is 1.